The van der Waals surface area contributed by atoms with E-state index in [-0.39, 0.29) is 65.5 Å². The highest BCUT2D eigenvalue weighted by Gasteiger charge is 2.66. The Morgan fingerprint density at radius 2 is 1.80 bits per heavy atom. The molecule has 0 heterocycles. The van der Waals surface area contributed by atoms with Gasteiger partial charge in [-0.05, 0) is 97.7 Å². The Labute approximate surface area is 179 Å². The van der Waals surface area contributed by atoms with Crippen molar-refractivity contribution in [2.45, 2.75) is 89.9 Å². The molecule has 0 unspecified atom stereocenters. The van der Waals surface area contributed by atoms with Crippen LogP contribution in [0.2, 0.25) is 0 Å². The molecule has 5 N–H and O–H groups in total. The molecule has 0 aromatic heterocycles. The summed E-state index contributed by atoms with van der Waals surface area (Å²) < 4.78 is 0. The van der Waals surface area contributed by atoms with Gasteiger partial charge in [0.2, 0.25) is 0 Å². The molecule has 4 fully saturated rings. The van der Waals surface area contributed by atoms with Crippen LogP contribution in [0.5, 0.6) is 0 Å². The second kappa shape index (κ2) is 8.02. The minimum Gasteiger partial charge on any atom is -0.481 e. The standard InChI is InChI=1S/C24H40O6/c1-13(3-6-21(29)30)16-4-5-17-22-18(11-20(28)23(16,17)2)24(12-25)8-7-15(26)9-14(24)10-19(22)27/h13-20,22,25-28H,3-12H2,1-2H3,(H,29,30)/t13-,14+,15-,16-,17+,18+,19-,20+,22+,23-,24-/m1/s1. The van der Waals surface area contributed by atoms with Crippen LogP contribution < -0.4 is 0 Å². The molecule has 0 aromatic rings. The Bertz CT molecular complexity index is 654. The first-order valence-electron chi connectivity index (χ1n) is 12.0. The third-order valence-electron chi connectivity index (χ3n) is 10.3. The number of carbonyl (C=O) groups is 1. The van der Waals surface area contributed by atoms with E-state index in [0.29, 0.717) is 32.1 Å². The minimum atomic E-state index is -0.774. The molecule has 0 amide bonds. The number of aliphatic hydroxyl groups excluding tert-OH is 4. The van der Waals surface area contributed by atoms with Gasteiger partial charge in [-0.2, -0.15) is 0 Å². The van der Waals surface area contributed by atoms with Crippen molar-refractivity contribution in [2.24, 2.45) is 46.3 Å². The van der Waals surface area contributed by atoms with Crippen molar-refractivity contribution >= 4 is 5.97 Å². The van der Waals surface area contributed by atoms with Crippen LogP contribution in [0.15, 0.2) is 0 Å². The molecule has 0 radical (unpaired) electrons. The second-order valence-electron chi connectivity index (χ2n) is 11.3. The Hall–Kier alpha value is -0.690. The summed E-state index contributed by atoms with van der Waals surface area (Å²) in [6.45, 7) is 4.35. The van der Waals surface area contributed by atoms with Gasteiger partial charge in [-0.1, -0.05) is 13.8 Å². The van der Waals surface area contributed by atoms with E-state index in [9.17, 15) is 25.2 Å². The van der Waals surface area contributed by atoms with Crippen LogP contribution in [-0.2, 0) is 4.79 Å². The third-order valence-corrected chi connectivity index (χ3v) is 10.3. The van der Waals surface area contributed by atoms with Crippen LogP contribution in [-0.4, -0.2) is 56.4 Å². The molecule has 4 rings (SSSR count). The predicted molar refractivity (Wildman–Crippen MR) is 111 cm³/mol. The monoisotopic (exact) mass is 424 g/mol. The lowest BCUT2D eigenvalue weighted by Crippen LogP contribution is -2.64. The summed E-state index contributed by atoms with van der Waals surface area (Å²) in [7, 11) is 0. The summed E-state index contributed by atoms with van der Waals surface area (Å²) in [6, 6.07) is 0. The van der Waals surface area contributed by atoms with Crippen molar-refractivity contribution in [3.8, 4) is 0 Å². The molecule has 30 heavy (non-hydrogen) atoms. The number of aliphatic carboxylic acids is 1. The largest absolute Gasteiger partial charge is 0.481 e. The molecule has 4 saturated carbocycles. The van der Waals surface area contributed by atoms with E-state index >= 15 is 0 Å². The molecule has 0 aliphatic heterocycles. The van der Waals surface area contributed by atoms with Gasteiger partial charge in [0.1, 0.15) is 0 Å². The van der Waals surface area contributed by atoms with Crippen molar-refractivity contribution in [2.75, 3.05) is 6.61 Å². The van der Waals surface area contributed by atoms with E-state index in [1.807, 2.05) is 0 Å². The maximum atomic E-state index is 11.5. The number of hydrogen-bond acceptors (Lipinski definition) is 5. The number of hydrogen-bond donors (Lipinski definition) is 5. The summed E-state index contributed by atoms with van der Waals surface area (Å²) in [5.41, 5.74) is -0.629. The maximum Gasteiger partial charge on any atom is 0.303 e. The van der Waals surface area contributed by atoms with E-state index in [1.54, 1.807) is 0 Å². The summed E-state index contributed by atoms with van der Waals surface area (Å²) in [5.74, 6) is 0.122. The smallest absolute Gasteiger partial charge is 0.303 e. The average Bonchev–Trinajstić information content (AvgIpc) is 3.05. The Morgan fingerprint density at radius 1 is 1.07 bits per heavy atom. The first-order valence-corrected chi connectivity index (χ1v) is 12.0. The van der Waals surface area contributed by atoms with Crippen LogP contribution >= 0.6 is 0 Å². The zero-order valence-corrected chi connectivity index (χ0v) is 18.4. The van der Waals surface area contributed by atoms with Crippen LogP contribution in [0.25, 0.3) is 0 Å². The number of rotatable bonds is 5. The molecule has 6 heteroatoms. The van der Waals surface area contributed by atoms with E-state index in [2.05, 4.69) is 13.8 Å². The van der Waals surface area contributed by atoms with Crippen molar-refractivity contribution in [1.29, 1.82) is 0 Å². The zero-order valence-electron chi connectivity index (χ0n) is 18.4. The highest BCUT2D eigenvalue weighted by atomic mass is 16.4. The highest BCUT2D eigenvalue weighted by Crippen LogP contribution is 2.68. The van der Waals surface area contributed by atoms with E-state index < -0.39 is 18.2 Å². The van der Waals surface area contributed by atoms with Gasteiger partial charge in [0.25, 0.3) is 0 Å². The minimum absolute atomic E-state index is 0.0624. The predicted octanol–water partition coefficient (Wildman–Crippen LogP) is 2.42. The van der Waals surface area contributed by atoms with Gasteiger partial charge in [-0.15, -0.1) is 0 Å². The lowest BCUT2D eigenvalue weighted by Gasteiger charge is -2.64. The molecular weight excluding hydrogens is 384 g/mol. The van der Waals surface area contributed by atoms with Gasteiger partial charge >= 0.3 is 5.97 Å². The molecular formula is C24H40O6. The van der Waals surface area contributed by atoms with Gasteiger partial charge < -0.3 is 25.5 Å². The summed E-state index contributed by atoms with van der Waals surface area (Å²) >= 11 is 0. The topological polar surface area (TPSA) is 118 Å². The number of carboxylic acids is 1. The van der Waals surface area contributed by atoms with Gasteiger partial charge in [0.05, 0.1) is 18.3 Å². The SMILES string of the molecule is C[C@H](CCC(=O)O)[C@H]1CC[C@H]2[C@@H]3[C@H](O)C[C@@H]4C[C@H](O)CC[C@]4(CO)[C@H]3C[C@H](O)[C@]12C. The average molecular weight is 425 g/mol. The normalized spacial score (nSPS) is 51.5. The van der Waals surface area contributed by atoms with Gasteiger partial charge in [0.15, 0.2) is 0 Å². The van der Waals surface area contributed by atoms with E-state index in [1.165, 1.54) is 0 Å². The summed E-state index contributed by atoms with van der Waals surface area (Å²) in [5, 5.41) is 52.6. The van der Waals surface area contributed by atoms with Crippen LogP contribution in [0.3, 0.4) is 0 Å². The van der Waals surface area contributed by atoms with Crippen LogP contribution in [0.1, 0.15) is 71.6 Å². The highest BCUT2D eigenvalue weighted by molar-refractivity contribution is 5.66. The molecule has 0 spiro atoms. The van der Waals surface area contributed by atoms with Crippen LogP contribution in [0, 0.1) is 46.3 Å². The Kier molecular flexibility index (Phi) is 6.02. The Balaban J connectivity index is 1.63. The molecule has 0 bridgehead atoms. The molecule has 6 nitrogen and oxygen atoms in total. The van der Waals surface area contributed by atoms with Crippen LogP contribution in [0.4, 0.5) is 0 Å². The van der Waals surface area contributed by atoms with Crippen molar-refractivity contribution in [3.05, 3.63) is 0 Å². The van der Waals surface area contributed by atoms with E-state index in [4.69, 9.17) is 5.11 Å². The fourth-order valence-corrected chi connectivity index (χ4v) is 8.81. The zero-order chi connectivity index (χ0) is 21.8. The fourth-order valence-electron chi connectivity index (χ4n) is 8.81. The second-order valence-corrected chi connectivity index (χ2v) is 11.3. The van der Waals surface area contributed by atoms with Crippen molar-refractivity contribution < 1.29 is 30.3 Å². The first kappa shape index (κ1) is 22.5. The quantitative estimate of drug-likeness (QED) is 0.463. The number of carboxylic acid groups (broad SMARTS) is 1. The molecule has 11 atom stereocenters. The lowest BCUT2D eigenvalue weighted by atomic mass is 9.42. The molecule has 0 aromatic carbocycles. The van der Waals surface area contributed by atoms with E-state index in [0.717, 1.165) is 19.3 Å². The molecule has 4 aliphatic carbocycles. The molecule has 0 saturated heterocycles. The van der Waals surface area contributed by atoms with Crippen molar-refractivity contribution in [3.63, 3.8) is 0 Å². The lowest BCUT2D eigenvalue weighted by molar-refractivity contribution is -0.220. The Morgan fingerprint density at radius 3 is 2.47 bits per heavy atom. The summed E-state index contributed by atoms with van der Waals surface area (Å²) in [4.78, 5) is 11.1. The number of fused-ring (bicyclic) bond motifs is 5. The molecule has 4 aliphatic rings. The van der Waals surface area contributed by atoms with Crippen molar-refractivity contribution in [1.82, 2.24) is 0 Å². The molecule has 172 valence electrons. The van der Waals surface area contributed by atoms with Gasteiger partial charge in [-0.25, -0.2) is 0 Å². The summed E-state index contributed by atoms with van der Waals surface area (Å²) in [6.07, 6.45) is 4.64. The van der Waals surface area contributed by atoms with Gasteiger partial charge in [-0.3, -0.25) is 4.79 Å². The number of aliphatic hydroxyl groups is 4. The third kappa shape index (κ3) is 3.25. The first-order chi connectivity index (χ1) is 14.1. The van der Waals surface area contributed by atoms with Gasteiger partial charge in [0, 0.05) is 13.0 Å². The fraction of sp³-hybridized carbons (Fsp3) is 0.958. The maximum absolute atomic E-state index is 11.5.